The third kappa shape index (κ3) is 4.93. The first-order chi connectivity index (χ1) is 13.1. The Kier molecular flexibility index (Phi) is 6.47. The fourth-order valence-electron chi connectivity index (χ4n) is 3.39. The van der Waals surface area contributed by atoms with Gasteiger partial charge in [-0.3, -0.25) is 14.4 Å². The van der Waals surface area contributed by atoms with E-state index in [0.717, 1.165) is 56.2 Å². The molecule has 3 rings (SSSR count). The van der Waals surface area contributed by atoms with Gasteiger partial charge in [-0.2, -0.15) is 5.10 Å². The van der Waals surface area contributed by atoms with Crippen LogP contribution in [-0.2, 0) is 23.3 Å². The first-order valence-corrected chi connectivity index (χ1v) is 11.1. The van der Waals surface area contributed by atoms with E-state index in [4.69, 9.17) is 16.6 Å². The van der Waals surface area contributed by atoms with E-state index < -0.39 is 0 Å². The summed E-state index contributed by atoms with van der Waals surface area (Å²) in [6.07, 6.45) is 0.972. The summed E-state index contributed by atoms with van der Waals surface area (Å²) >= 11 is 7.94. The number of aromatic nitrogens is 3. The van der Waals surface area contributed by atoms with Gasteiger partial charge in [-0.25, -0.2) is 4.98 Å². The molecule has 3 heterocycles. The lowest BCUT2D eigenvalue weighted by atomic mass is 9.98. The van der Waals surface area contributed by atoms with Gasteiger partial charge in [-0.1, -0.05) is 32.4 Å². The standard InChI is InChI=1S/C20H30ClN5OS/c1-14-18(21)15(2)26(23-14)12-17(27)25-8-6-7-24(9-10-25)11-16-13-28-19(22-16)20(3,4)5/h13H,6-12H2,1-5H3. The van der Waals surface area contributed by atoms with E-state index in [1.807, 2.05) is 18.7 Å². The van der Waals surface area contributed by atoms with E-state index in [1.165, 1.54) is 5.01 Å². The van der Waals surface area contributed by atoms with E-state index in [0.29, 0.717) is 5.02 Å². The highest BCUT2D eigenvalue weighted by Gasteiger charge is 2.23. The third-order valence-corrected chi connectivity index (χ3v) is 6.96. The highest BCUT2D eigenvalue weighted by atomic mass is 35.5. The number of carbonyl (C=O) groups is 1. The number of hydrogen-bond donors (Lipinski definition) is 0. The molecular weight excluding hydrogens is 394 g/mol. The summed E-state index contributed by atoms with van der Waals surface area (Å²) in [7, 11) is 0. The van der Waals surface area contributed by atoms with Gasteiger partial charge in [0.25, 0.3) is 0 Å². The zero-order valence-corrected chi connectivity index (χ0v) is 19.0. The van der Waals surface area contributed by atoms with Crippen molar-refractivity contribution in [3.8, 4) is 0 Å². The predicted octanol–water partition coefficient (Wildman–Crippen LogP) is 3.64. The molecule has 0 bridgehead atoms. The second-order valence-electron chi connectivity index (χ2n) is 8.55. The van der Waals surface area contributed by atoms with Crippen molar-refractivity contribution in [3.05, 3.63) is 32.5 Å². The molecule has 28 heavy (non-hydrogen) atoms. The number of thiazole rings is 1. The Morgan fingerprint density at radius 1 is 1.21 bits per heavy atom. The van der Waals surface area contributed by atoms with Gasteiger partial charge >= 0.3 is 0 Å². The average molecular weight is 424 g/mol. The molecule has 1 fully saturated rings. The summed E-state index contributed by atoms with van der Waals surface area (Å²) in [5.74, 6) is 0.104. The van der Waals surface area contributed by atoms with Crippen LogP contribution in [0.1, 0.15) is 49.3 Å². The Hall–Kier alpha value is -1.44. The highest BCUT2D eigenvalue weighted by Crippen LogP contribution is 2.26. The summed E-state index contributed by atoms with van der Waals surface area (Å²) < 4.78 is 1.71. The maximum Gasteiger partial charge on any atom is 0.244 e. The van der Waals surface area contributed by atoms with E-state index in [2.05, 4.69) is 36.1 Å². The van der Waals surface area contributed by atoms with Gasteiger partial charge < -0.3 is 4.90 Å². The molecule has 154 valence electrons. The van der Waals surface area contributed by atoms with Crippen LogP contribution in [0, 0.1) is 13.8 Å². The molecule has 0 unspecified atom stereocenters. The molecule has 0 saturated carbocycles. The summed E-state index contributed by atoms with van der Waals surface area (Å²) in [6, 6.07) is 0. The van der Waals surface area contributed by atoms with Gasteiger partial charge in [0.15, 0.2) is 0 Å². The molecule has 1 aliphatic rings. The Bertz CT molecular complexity index is 838. The zero-order valence-electron chi connectivity index (χ0n) is 17.5. The number of carbonyl (C=O) groups excluding carboxylic acids is 1. The molecule has 0 atom stereocenters. The SMILES string of the molecule is Cc1nn(CC(=O)N2CCCN(Cc3csc(C(C)(C)C)n3)CC2)c(C)c1Cl. The van der Waals surface area contributed by atoms with E-state index in [9.17, 15) is 4.79 Å². The lowest BCUT2D eigenvalue weighted by Gasteiger charge is -2.22. The molecule has 0 spiro atoms. The van der Waals surface area contributed by atoms with Gasteiger partial charge in [0, 0.05) is 43.5 Å². The average Bonchev–Trinajstić information content (AvgIpc) is 3.08. The van der Waals surface area contributed by atoms with Gasteiger partial charge in [0.1, 0.15) is 6.54 Å². The van der Waals surface area contributed by atoms with Crippen molar-refractivity contribution in [2.24, 2.45) is 0 Å². The van der Waals surface area contributed by atoms with Gasteiger partial charge in [-0.05, 0) is 20.3 Å². The molecule has 2 aromatic rings. The van der Waals surface area contributed by atoms with Crippen molar-refractivity contribution < 1.29 is 4.79 Å². The van der Waals surface area contributed by atoms with Gasteiger partial charge in [-0.15, -0.1) is 11.3 Å². The van der Waals surface area contributed by atoms with Crippen molar-refractivity contribution in [2.45, 2.75) is 59.5 Å². The van der Waals surface area contributed by atoms with Gasteiger partial charge in [0.05, 0.1) is 27.1 Å². The third-order valence-electron chi connectivity index (χ3n) is 5.10. The second-order valence-corrected chi connectivity index (χ2v) is 9.78. The molecule has 2 aromatic heterocycles. The lowest BCUT2D eigenvalue weighted by Crippen LogP contribution is -2.37. The van der Waals surface area contributed by atoms with Crippen molar-refractivity contribution in [2.75, 3.05) is 26.2 Å². The van der Waals surface area contributed by atoms with Crippen LogP contribution in [0.2, 0.25) is 5.02 Å². The maximum atomic E-state index is 12.8. The monoisotopic (exact) mass is 423 g/mol. The minimum absolute atomic E-state index is 0.0941. The summed E-state index contributed by atoms with van der Waals surface area (Å²) in [5, 5.41) is 8.37. The normalized spacial score (nSPS) is 16.4. The van der Waals surface area contributed by atoms with Crippen LogP contribution in [0.4, 0.5) is 0 Å². The first-order valence-electron chi connectivity index (χ1n) is 9.79. The van der Waals surface area contributed by atoms with Crippen molar-refractivity contribution >= 4 is 28.8 Å². The molecule has 6 nitrogen and oxygen atoms in total. The molecule has 0 aromatic carbocycles. The summed E-state index contributed by atoms with van der Waals surface area (Å²) in [6.45, 7) is 14.8. The minimum atomic E-state index is 0.0941. The van der Waals surface area contributed by atoms with Crippen LogP contribution in [0.25, 0.3) is 0 Å². The molecular formula is C20H30ClN5OS. The number of rotatable bonds is 4. The van der Waals surface area contributed by atoms with Gasteiger partial charge in [0.2, 0.25) is 5.91 Å². The lowest BCUT2D eigenvalue weighted by molar-refractivity contribution is -0.131. The Morgan fingerprint density at radius 3 is 2.57 bits per heavy atom. The molecule has 0 aliphatic carbocycles. The highest BCUT2D eigenvalue weighted by molar-refractivity contribution is 7.09. The molecule has 8 heteroatoms. The fourth-order valence-corrected chi connectivity index (χ4v) is 4.42. The van der Waals surface area contributed by atoms with Crippen LogP contribution in [0.5, 0.6) is 0 Å². The van der Waals surface area contributed by atoms with Crippen molar-refractivity contribution in [3.63, 3.8) is 0 Å². The number of amides is 1. The largest absolute Gasteiger partial charge is 0.340 e. The van der Waals surface area contributed by atoms with Crippen LogP contribution in [0.15, 0.2) is 5.38 Å². The smallest absolute Gasteiger partial charge is 0.244 e. The van der Waals surface area contributed by atoms with Crippen molar-refractivity contribution in [1.29, 1.82) is 0 Å². The maximum absolute atomic E-state index is 12.8. The molecule has 0 radical (unpaired) electrons. The molecule has 1 saturated heterocycles. The van der Waals surface area contributed by atoms with Crippen LogP contribution in [0.3, 0.4) is 0 Å². The Labute approximate surface area is 176 Å². The predicted molar refractivity (Wildman–Crippen MR) is 114 cm³/mol. The fraction of sp³-hybridized carbons (Fsp3) is 0.650. The van der Waals surface area contributed by atoms with E-state index >= 15 is 0 Å². The van der Waals surface area contributed by atoms with Crippen molar-refractivity contribution in [1.82, 2.24) is 24.6 Å². The quantitative estimate of drug-likeness (QED) is 0.753. The number of halogens is 1. The zero-order chi connectivity index (χ0) is 20.5. The Balaban J connectivity index is 1.56. The minimum Gasteiger partial charge on any atom is -0.340 e. The molecule has 1 amide bonds. The van der Waals surface area contributed by atoms with E-state index in [-0.39, 0.29) is 17.9 Å². The Morgan fingerprint density at radius 2 is 1.96 bits per heavy atom. The summed E-state index contributed by atoms with van der Waals surface area (Å²) in [5.41, 5.74) is 2.85. The number of aryl methyl sites for hydroxylation is 1. The van der Waals surface area contributed by atoms with Crippen LogP contribution < -0.4 is 0 Å². The number of nitrogens with zero attached hydrogens (tertiary/aromatic N) is 5. The second kappa shape index (κ2) is 8.51. The molecule has 0 N–H and O–H groups in total. The van der Waals surface area contributed by atoms with E-state index in [1.54, 1.807) is 16.0 Å². The van der Waals surface area contributed by atoms with Crippen LogP contribution in [-0.4, -0.2) is 56.7 Å². The van der Waals surface area contributed by atoms with Crippen LogP contribution >= 0.6 is 22.9 Å². The summed E-state index contributed by atoms with van der Waals surface area (Å²) in [4.78, 5) is 21.9. The topological polar surface area (TPSA) is 54.3 Å². The molecule has 1 aliphatic heterocycles. The number of hydrogen-bond acceptors (Lipinski definition) is 5. The first kappa shape index (κ1) is 21.3.